The molecule has 0 saturated carbocycles. The minimum Gasteiger partial charge on any atom is -0.462 e. The molecule has 100 heavy (non-hydrogen) atoms. The zero-order valence-corrected chi connectivity index (χ0v) is 64.1. The van der Waals surface area contributed by atoms with Crippen molar-refractivity contribution in [2.45, 2.75) is 316 Å². The third kappa shape index (κ3) is 71.6. The van der Waals surface area contributed by atoms with Gasteiger partial charge in [0.1, 0.15) is 19.3 Å². The number of unbranched alkanes of at least 4 members (excludes halogenated alkanes) is 23. The molecule has 5 unspecified atom stereocenters. The number of aliphatic hydroxyl groups is 1. The van der Waals surface area contributed by atoms with E-state index in [1.165, 1.54) is 32.1 Å². The van der Waals surface area contributed by atoms with Crippen LogP contribution >= 0.6 is 15.6 Å². The molecule has 19 heteroatoms. The average Bonchev–Trinajstić information content (AvgIpc) is 0.985. The van der Waals surface area contributed by atoms with Gasteiger partial charge < -0.3 is 33.8 Å². The van der Waals surface area contributed by atoms with Crippen LogP contribution in [0.15, 0.2) is 134 Å². The molecule has 0 aromatic rings. The van der Waals surface area contributed by atoms with Crippen LogP contribution in [-0.4, -0.2) is 96.7 Å². The zero-order valence-electron chi connectivity index (χ0n) is 62.3. The summed E-state index contributed by atoms with van der Waals surface area (Å²) in [6.45, 7) is 4.48. The van der Waals surface area contributed by atoms with Gasteiger partial charge in [0.15, 0.2) is 12.2 Å². The summed E-state index contributed by atoms with van der Waals surface area (Å²) in [7, 11) is -9.98. The smallest absolute Gasteiger partial charge is 0.462 e. The molecule has 0 aromatic heterocycles. The van der Waals surface area contributed by atoms with E-state index in [9.17, 15) is 43.2 Å². The molecule has 572 valence electrons. The predicted molar refractivity (Wildman–Crippen MR) is 408 cm³/mol. The van der Waals surface area contributed by atoms with E-state index < -0.39 is 97.5 Å². The molecule has 0 aliphatic rings. The van der Waals surface area contributed by atoms with E-state index in [1.54, 1.807) is 0 Å². The monoisotopic (exact) mass is 1440 g/mol. The van der Waals surface area contributed by atoms with Gasteiger partial charge >= 0.3 is 39.5 Å². The summed E-state index contributed by atoms with van der Waals surface area (Å²) >= 11 is 0. The van der Waals surface area contributed by atoms with E-state index in [0.717, 1.165) is 180 Å². The molecule has 0 bridgehead atoms. The number of phosphoric ester groups is 2. The van der Waals surface area contributed by atoms with Crippen LogP contribution in [0, 0.1) is 0 Å². The number of aliphatic hydroxyl groups excluding tert-OH is 1. The van der Waals surface area contributed by atoms with Crippen molar-refractivity contribution in [2.75, 3.05) is 39.6 Å². The van der Waals surface area contributed by atoms with Gasteiger partial charge in [-0.05, 0) is 154 Å². The number of rotatable bonds is 71. The van der Waals surface area contributed by atoms with Crippen LogP contribution in [0.1, 0.15) is 297 Å². The Morgan fingerprint density at radius 2 is 0.530 bits per heavy atom. The molecule has 0 radical (unpaired) electrons. The first-order chi connectivity index (χ1) is 48.7. The Balaban J connectivity index is 5.38. The maximum absolute atomic E-state index is 13.1. The minimum absolute atomic E-state index is 0.0355. The van der Waals surface area contributed by atoms with Crippen LogP contribution in [0.5, 0.6) is 0 Å². The summed E-state index contributed by atoms with van der Waals surface area (Å²) in [5.41, 5.74) is 0. The van der Waals surface area contributed by atoms with Crippen LogP contribution < -0.4 is 0 Å². The van der Waals surface area contributed by atoms with E-state index in [0.29, 0.717) is 32.1 Å². The van der Waals surface area contributed by atoms with Crippen LogP contribution in [-0.2, 0) is 65.4 Å². The summed E-state index contributed by atoms with van der Waals surface area (Å²) < 4.78 is 68.4. The van der Waals surface area contributed by atoms with Crippen molar-refractivity contribution >= 4 is 39.5 Å². The molecule has 0 spiro atoms. The van der Waals surface area contributed by atoms with Crippen molar-refractivity contribution in [3.8, 4) is 0 Å². The highest BCUT2D eigenvalue weighted by molar-refractivity contribution is 7.47. The van der Waals surface area contributed by atoms with Gasteiger partial charge in [0.25, 0.3) is 0 Å². The van der Waals surface area contributed by atoms with Crippen molar-refractivity contribution in [2.24, 2.45) is 0 Å². The quantitative estimate of drug-likeness (QED) is 0.0169. The fraction of sp³-hybridized carbons (Fsp3) is 0.679. The van der Waals surface area contributed by atoms with Crippen LogP contribution in [0.4, 0.5) is 0 Å². The second kappa shape index (κ2) is 72.5. The second-order valence-corrected chi connectivity index (χ2v) is 28.1. The average molecular weight is 1440 g/mol. The molecule has 0 fully saturated rings. The zero-order chi connectivity index (χ0) is 73.2. The second-order valence-electron chi connectivity index (χ2n) is 25.2. The topological polar surface area (TPSA) is 237 Å². The van der Waals surface area contributed by atoms with Crippen LogP contribution in [0.2, 0.25) is 0 Å². The number of carbonyl (C=O) groups is 4. The lowest BCUT2D eigenvalue weighted by molar-refractivity contribution is -0.161. The highest BCUT2D eigenvalue weighted by atomic mass is 31.2. The van der Waals surface area contributed by atoms with Crippen LogP contribution in [0.3, 0.4) is 0 Å². The van der Waals surface area contributed by atoms with Crippen molar-refractivity contribution in [1.29, 1.82) is 0 Å². The Morgan fingerprint density at radius 3 is 0.860 bits per heavy atom. The SMILES string of the molecule is CC/C=C\C/C=C\C/C=C\C/C=C\CCCCCCCCC(=O)OCC(COP(=O)(O)OCC(O)COP(=O)(O)OCC(COC(=O)CCCCCCC/C=C\C/C=C\CCCCC)OC(=O)CCCCCCC/C=C\CCCC)OC(=O)CCCC/C=C\C/C=C\C/C=C\C/C=C\CC. The first kappa shape index (κ1) is 95.2. The van der Waals surface area contributed by atoms with Gasteiger partial charge in [0.05, 0.1) is 26.4 Å². The Morgan fingerprint density at radius 1 is 0.290 bits per heavy atom. The number of hydrogen-bond acceptors (Lipinski definition) is 15. The molecule has 0 aliphatic carbocycles. The number of carbonyl (C=O) groups excluding carboxylic acids is 4. The highest BCUT2D eigenvalue weighted by Gasteiger charge is 2.30. The van der Waals surface area contributed by atoms with Gasteiger partial charge in [0.2, 0.25) is 0 Å². The lowest BCUT2D eigenvalue weighted by atomic mass is 10.1. The Kier molecular flexibility index (Phi) is 69.1. The molecule has 0 heterocycles. The Bertz CT molecular complexity index is 2420. The summed E-state index contributed by atoms with van der Waals surface area (Å²) in [6, 6.07) is 0. The van der Waals surface area contributed by atoms with E-state index >= 15 is 0 Å². The summed E-state index contributed by atoms with van der Waals surface area (Å²) in [5.74, 6) is -2.27. The molecular weight excluding hydrogens is 1310 g/mol. The van der Waals surface area contributed by atoms with Gasteiger partial charge in [-0.2, -0.15) is 0 Å². The lowest BCUT2D eigenvalue weighted by Gasteiger charge is -2.21. The maximum Gasteiger partial charge on any atom is 0.472 e. The first-order valence-corrected chi connectivity index (χ1v) is 41.4. The van der Waals surface area contributed by atoms with E-state index in [-0.39, 0.29) is 25.7 Å². The van der Waals surface area contributed by atoms with E-state index in [2.05, 4.69) is 161 Å². The number of ether oxygens (including phenoxy) is 4. The third-order valence-corrected chi connectivity index (χ3v) is 17.5. The molecule has 0 saturated heterocycles. The molecule has 0 aromatic carbocycles. The van der Waals surface area contributed by atoms with E-state index in [1.807, 2.05) is 0 Å². The van der Waals surface area contributed by atoms with Crippen molar-refractivity contribution in [3.05, 3.63) is 134 Å². The summed E-state index contributed by atoms with van der Waals surface area (Å²) in [6.07, 6.45) is 80.2. The number of allylic oxidation sites excluding steroid dienone is 22. The Labute approximate surface area is 605 Å². The lowest BCUT2D eigenvalue weighted by Crippen LogP contribution is -2.30. The number of hydrogen-bond donors (Lipinski definition) is 3. The van der Waals surface area contributed by atoms with Gasteiger partial charge in [-0.3, -0.25) is 37.3 Å². The van der Waals surface area contributed by atoms with E-state index in [4.69, 9.17) is 37.0 Å². The van der Waals surface area contributed by atoms with Crippen LogP contribution in [0.25, 0.3) is 0 Å². The van der Waals surface area contributed by atoms with Crippen molar-refractivity contribution < 1.29 is 80.2 Å². The third-order valence-electron chi connectivity index (χ3n) is 15.6. The maximum atomic E-state index is 13.1. The van der Waals surface area contributed by atoms with Gasteiger partial charge in [0, 0.05) is 25.7 Å². The first-order valence-electron chi connectivity index (χ1n) is 38.4. The minimum atomic E-state index is -4.99. The normalized spacial score (nSPS) is 14.7. The highest BCUT2D eigenvalue weighted by Crippen LogP contribution is 2.45. The molecule has 17 nitrogen and oxygen atoms in total. The molecular formula is C81H136O17P2. The molecule has 0 amide bonds. The predicted octanol–water partition coefficient (Wildman–Crippen LogP) is 22.1. The molecule has 5 atom stereocenters. The standard InChI is InChI=1S/C81H136O17P2/c1-5-9-13-17-21-25-29-32-35-36-37-38-41-43-47-50-54-58-62-66-79(84)92-72-77(98-81(86)68-64-60-56-52-48-44-40-34-31-27-23-19-15-11-7-3)74-96-100(89,90)94-70-75(82)69-93-99(87,88)95-73-76(97-80(85)67-63-59-55-51-45-28-24-20-16-12-8-4)71-91-78(83)65-61-57-53-49-46-42-39-33-30-26-22-18-14-10-6-2/h9,11,13,15,20-27,32-35,37-40,48,52,75-77,82H,5-8,10,12,14,16-19,28-31,36,41-47,49-51,53-74H2,1-4H3,(H,87,88)(H,89,90)/b13-9-,15-11-,24-20-,25-21-,26-22-,27-23-,35-32-,38-37-,39-33-,40-34-,52-48-. The van der Waals surface area contributed by atoms with Crippen molar-refractivity contribution in [3.63, 3.8) is 0 Å². The number of esters is 4. The fourth-order valence-corrected chi connectivity index (χ4v) is 11.3. The fourth-order valence-electron chi connectivity index (χ4n) is 9.74. The molecule has 3 N–H and O–H groups in total. The van der Waals surface area contributed by atoms with Gasteiger partial charge in [-0.25, -0.2) is 9.13 Å². The molecule has 0 rings (SSSR count). The largest absolute Gasteiger partial charge is 0.472 e. The van der Waals surface area contributed by atoms with Gasteiger partial charge in [-0.15, -0.1) is 0 Å². The van der Waals surface area contributed by atoms with Gasteiger partial charge in [-0.1, -0.05) is 251 Å². The molecule has 0 aliphatic heterocycles. The summed E-state index contributed by atoms with van der Waals surface area (Å²) in [5, 5.41) is 10.6. The van der Waals surface area contributed by atoms with Crippen molar-refractivity contribution in [1.82, 2.24) is 0 Å². The summed E-state index contributed by atoms with van der Waals surface area (Å²) in [4.78, 5) is 72.8. The number of phosphoric acid groups is 2. The Hall–Kier alpha value is -4.80.